The second kappa shape index (κ2) is 11.3. The Morgan fingerprint density at radius 2 is 1.76 bits per heavy atom. The van der Waals surface area contributed by atoms with E-state index in [4.69, 9.17) is 32.7 Å². The Morgan fingerprint density at radius 1 is 1.00 bits per heavy atom. The van der Waals surface area contributed by atoms with Crippen molar-refractivity contribution in [3.05, 3.63) is 58.1 Å². The molecular formula is C20H20Cl2N2O5. The van der Waals surface area contributed by atoms with E-state index in [9.17, 15) is 14.4 Å². The van der Waals surface area contributed by atoms with Gasteiger partial charge in [-0.2, -0.15) is 0 Å². The van der Waals surface area contributed by atoms with Crippen LogP contribution in [0.4, 0.5) is 0 Å². The molecule has 0 spiro atoms. The van der Waals surface area contributed by atoms with Gasteiger partial charge in [-0.25, -0.2) is 0 Å². The molecule has 0 aliphatic carbocycles. The largest absolute Gasteiger partial charge is 0.482 e. The molecule has 0 fully saturated rings. The Balaban J connectivity index is 1.65. The Bertz CT molecular complexity index is 889. The quantitative estimate of drug-likeness (QED) is 0.356. The monoisotopic (exact) mass is 438 g/mol. The van der Waals surface area contributed by atoms with Crippen LogP contribution in [0.15, 0.2) is 42.5 Å². The van der Waals surface area contributed by atoms with Gasteiger partial charge in [-0.1, -0.05) is 29.3 Å². The van der Waals surface area contributed by atoms with Crippen LogP contribution in [0.25, 0.3) is 0 Å². The molecule has 2 rings (SSSR count). The molecule has 0 radical (unpaired) electrons. The van der Waals surface area contributed by atoms with Gasteiger partial charge in [0.05, 0.1) is 5.02 Å². The summed E-state index contributed by atoms with van der Waals surface area (Å²) in [4.78, 5) is 34.9. The molecule has 0 heterocycles. The fraction of sp³-hybridized carbons (Fsp3) is 0.250. The third-order valence-electron chi connectivity index (χ3n) is 3.57. The first-order chi connectivity index (χ1) is 13.8. The van der Waals surface area contributed by atoms with E-state index in [1.54, 1.807) is 30.3 Å². The minimum absolute atomic E-state index is 0.184. The van der Waals surface area contributed by atoms with Crippen molar-refractivity contribution in [3.8, 4) is 11.5 Å². The lowest BCUT2D eigenvalue weighted by Crippen LogP contribution is -2.32. The topological polar surface area (TPSA) is 93.7 Å². The second-order valence-electron chi connectivity index (χ2n) is 5.94. The first-order valence-corrected chi connectivity index (χ1v) is 9.52. The summed E-state index contributed by atoms with van der Waals surface area (Å²) < 4.78 is 10.3. The maximum absolute atomic E-state index is 12.1. The summed E-state index contributed by atoms with van der Waals surface area (Å²) in [5.74, 6) is -0.393. The maximum Gasteiger partial charge on any atom is 0.308 e. The third kappa shape index (κ3) is 8.01. The summed E-state index contributed by atoms with van der Waals surface area (Å²) in [6, 6.07) is 11.0. The van der Waals surface area contributed by atoms with Gasteiger partial charge < -0.3 is 20.1 Å². The molecule has 9 heteroatoms. The van der Waals surface area contributed by atoms with Gasteiger partial charge in [0, 0.05) is 30.6 Å². The van der Waals surface area contributed by atoms with E-state index in [1.165, 1.54) is 19.1 Å². The Kier molecular flexibility index (Phi) is 8.76. The molecule has 0 unspecified atom stereocenters. The maximum atomic E-state index is 12.1. The van der Waals surface area contributed by atoms with Crippen molar-refractivity contribution in [1.82, 2.24) is 10.6 Å². The molecule has 29 heavy (non-hydrogen) atoms. The summed E-state index contributed by atoms with van der Waals surface area (Å²) in [6.07, 6.45) is 0.531. The van der Waals surface area contributed by atoms with Crippen molar-refractivity contribution < 1.29 is 23.9 Å². The summed E-state index contributed by atoms with van der Waals surface area (Å²) in [5, 5.41) is 6.22. The highest BCUT2D eigenvalue weighted by atomic mass is 35.5. The highest BCUT2D eigenvalue weighted by Gasteiger charge is 2.08. The van der Waals surface area contributed by atoms with E-state index in [-0.39, 0.29) is 18.4 Å². The van der Waals surface area contributed by atoms with Gasteiger partial charge in [0.1, 0.15) is 11.5 Å². The van der Waals surface area contributed by atoms with Crippen molar-refractivity contribution >= 4 is 41.0 Å². The van der Waals surface area contributed by atoms with Crippen molar-refractivity contribution in [2.45, 2.75) is 13.3 Å². The van der Waals surface area contributed by atoms with Gasteiger partial charge >= 0.3 is 5.97 Å². The van der Waals surface area contributed by atoms with E-state index in [0.29, 0.717) is 46.6 Å². The molecule has 0 aromatic heterocycles. The third-order valence-corrected chi connectivity index (χ3v) is 4.10. The smallest absolute Gasteiger partial charge is 0.308 e. The standard InChI is InChI=1S/C20H20Cl2N2O5/c1-13(25)29-16-5-2-4-14(10-16)20(27)24-9-3-8-23-19(26)12-28-18-7-6-15(21)11-17(18)22/h2,4-7,10-11H,3,8-9,12H2,1H3,(H,23,26)(H,24,27). The zero-order valence-corrected chi connectivity index (χ0v) is 17.2. The normalized spacial score (nSPS) is 10.2. The molecule has 0 saturated carbocycles. The average Bonchev–Trinajstić information content (AvgIpc) is 2.66. The van der Waals surface area contributed by atoms with Crippen LogP contribution < -0.4 is 20.1 Å². The summed E-state index contributed by atoms with van der Waals surface area (Å²) in [5.41, 5.74) is 0.376. The van der Waals surface area contributed by atoms with Gasteiger partial charge in [-0.15, -0.1) is 0 Å². The van der Waals surface area contributed by atoms with Crippen LogP contribution >= 0.6 is 23.2 Å². The predicted molar refractivity (Wildman–Crippen MR) is 110 cm³/mol. The minimum Gasteiger partial charge on any atom is -0.482 e. The Morgan fingerprint density at radius 3 is 2.48 bits per heavy atom. The predicted octanol–water partition coefficient (Wildman–Crippen LogP) is 3.23. The molecule has 0 atom stereocenters. The Labute approximate surface area is 178 Å². The summed E-state index contributed by atoms with van der Waals surface area (Å²) in [7, 11) is 0. The van der Waals surface area contributed by atoms with Gasteiger partial charge in [0.15, 0.2) is 6.61 Å². The number of benzene rings is 2. The van der Waals surface area contributed by atoms with Crippen LogP contribution in [0.1, 0.15) is 23.7 Å². The van der Waals surface area contributed by atoms with Crippen LogP contribution in [-0.2, 0) is 9.59 Å². The van der Waals surface area contributed by atoms with Crippen LogP contribution in [0.2, 0.25) is 10.0 Å². The summed E-state index contributed by atoms with van der Waals surface area (Å²) in [6.45, 7) is 1.83. The van der Waals surface area contributed by atoms with Crippen LogP contribution in [0.5, 0.6) is 11.5 Å². The SMILES string of the molecule is CC(=O)Oc1cccc(C(=O)NCCCNC(=O)COc2ccc(Cl)cc2Cl)c1. The van der Waals surface area contributed by atoms with Gasteiger partial charge in [0.2, 0.25) is 0 Å². The highest BCUT2D eigenvalue weighted by molar-refractivity contribution is 6.35. The number of nitrogens with one attached hydrogen (secondary N) is 2. The number of halogens is 2. The van der Waals surface area contributed by atoms with Crippen molar-refractivity contribution in [3.63, 3.8) is 0 Å². The highest BCUT2D eigenvalue weighted by Crippen LogP contribution is 2.27. The van der Waals surface area contributed by atoms with E-state index in [0.717, 1.165) is 0 Å². The number of hydrogen-bond donors (Lipinski definition) is 2. The lowest BCUT2D eigenvalue weighted by Gasteiger charge is -2.10. The van der Waals surface area contributed by atoms with Gasteiger partial charge in [0.25, 0.3) is 11.8 Å². The number of carbonyl (C=O) groups is 3. The number of carbonyl (C=O) groups excluding carboxylic acids is 3. The van der Waals surface area contributed by atoms with Crippen LogP contribution in [-0.4, -0.2) is 37.5 Å². The molecule has 2 N–H and O–H groups in total. The zero-order chi connectivity index (χ0) is 21.2. The number of amides is 2. The number of rotatable bonds is 9. The van der Waals surface area contributed by atoms with Gasteiger partial charge in [-0.05, 0) is 42.8 Å². The van der Waals surface area contributed by atoms with E-state index < -0.39 is 5.97 Å². The zero-order valence-electron chi connectivity index (χ0n) is 15.7. The first-order valence-electron chi connectivity index (χ1n) is 8.76. The molecule has 2 amide bonds. The molecule has 2 aromatic carbocycles. The molecular weight excluding hydrogens is 419 g/mol. The van der Waals surface area contributed by atoms with Crippen molar-refractivity contribution in [2.75, 3.05) is 19.7 Å². The minimum atomic E-state index is -0.458. The number of hydrogen-bond acceptors (Lipinski definition) is 5. The van der Waals surface area contributed by atoms with Gasteiger partial charge in [-0.3, -0.25) is 14.4 Å². The van der Waals surface area contributed by atoms with Crippen LogP contribution in [0, 0.1) is 0 Å². The van der Waals surface area contributed by atoms with Crippen molar-refractivity contribution in [1.29, 1.82) is 0 Å². The fourth-order valence-corrected chi connectivity index (χ4v) is 2.74. The molecule has 0 bridgehead atoms. The fourth-order valence-electron chi connectivity index (χ4n) is 2.27. The van der Waals surface area contributed by atoms with Crippen LogP contribution in [0.3, 0.4) is 0 Å². The molecule has 2 aromatic rings. The lowest BCUT2D eigenvalue weighted by molar-refractivity contribution is -0.131. The van der Waals surface area contributed by atoms with Crippen molar-refractivity contribution in [2.24, 2.45) is 0 Å². The number of ether oxygens (including phenoxy) is 2. The molecule has 154 valence electrons. The molecule has 0 saturated heterocycles. The van der Waals surface area contributed by atoms with E-state index in [1.807, 2.05) is 0 Å². The Hall–Kier alpha value is -2.77. The molecule has 7 nitrogen and oxygen atoms in total. The van der Waals surface area contributed by atoms with E-state index in [2.05, 4.69) is 10.6 Å². The molecule has 0 aliphatic rings. The number of esters is 1. The molecule has 0 aliphatic heterocycles. The van der Waals surface area contributed by atoms with E-state index >= 15 is 0 Å². The lowest BCUT2D eigenvalue weighted by atomic mass is 10.2. The average molecular weight is 439 g/mol. The first kappa shape index (κ1) is 22.5. The second-order valence-corrected chi connectivity index (χ2v) is 6.79. The summed E-state index contributed by atoms with van der Waals surface area (Å²) >= 11 is 11.8.